The summed E-state index contributed by atoms with van der Waals surface area (Å²) >= 11 is 0. The molecular formula is C26H10N4. The van der Waals surface area contributed by atoms with Crippen LogP contribution in [0.25, 0.3) is 43.1 Å². The minimum atomic E-state index is -0.0461. The fourth-order valence-corrected chi connectivity index (χ4v) is 4.13. The zero-order chi connectivity index (χ0) is 20.8. The predicted octanol–water partition coefficient (Wildman–Crippen LogP) is 5.79. The molecule has 0 unspecified atom stereocenters. The normalized spacial score (nSPS) is 10.5. The molecule has 0 bridgehead atoms. The lowest BCUT2D eigenvalue weighted by atomic mass is 9.88. The Balaban J connectivity index is 1.98. The van der Waals surface area contributed by atoms with Crippen LogP contribution in [0, 0.1) is 45.3 Å². The van der Waals surface area contributed by atoms with Gasteiger partial charge in [-0.1, -0.05) is 24.3 Å². The maximum Gasteiger partial charge on any atom is 0.102 e. The number of hydrogen-bond donors (Lipinski definition) is 0. The van der Waals surface area contributed by atoms with Crippen LogP contribution in [-0.4, -0.2) is 0 Å². The highest BCUT2D eigenvalue weighted by Gasteiger charge is 2.20. The van der Waals surface area contributed by atoms with Crippen molar-refractivity contribution in [1.82, 2.24) is 0 Å². The van der Waals surface area contributed by atoms with E-state index in [4.69, 9.17) is 0 Å². The molecule has 0 aromatic heterocycles. The quantitative estimate of drug-likeness (QED) is 0.319. The molecule has 0 heterocycles. The summed E-state index contributed by atoms with van der Waals surface area (Å²) in [5.41, 5.74) is 0.164. The summed E-state index contributed by atoms with van der Waals surface area (Å²) in [6.45, 7) is 0. The van der Waals surface area contributed by atoms with Crippen LogP contribution in [0.3, 0.4) is 0 Å². The van der Waals surface area contributed by atoms with E-state index < -0.39 is 0 Å². The van der Waals surface area contributed by atoms with Crippen LogP contribution in [-0.2, 0) is 0 Å². The number of benzene rings is 5. The van der Waals surface area contributed by atoms with Gasteiger partial charge in [0.1, 0.15) is 24.3 Å². The van der Waals surface area contributed by atoms with Crippen LogP contribution in [0.1, 0.15) is 22.3 Å². The Morgan fingerprint density at radius 3 is 1.10 bits per heavy atom. The molecule has 4 heteroatoms. The van der Waals surface area contributed by atoms with Crippen LogP contribution in [0.5, 0.6) is 0 Å². The van der Waals surface area contributed by atoms with Crippen molar-refractivity contribution in [3.8, 4) is 24.3 Å². The van der Waals surface area contributed by atoms with E-state index in [0.29, 0.717) is 10.8 Å². The monoisotopic (exact) mass is 378 g/mol. The van der Waals surface area contributed by atoms with Crippen molar-refractivity contribution >= 4 is 43.1 Å². The molecule has 0 fully saturated rings. The third-order valence-corrected chi connectivity index (χ3v) is 5.53. The van der Waals surface area contributed by atoms with Crippen LogP contribution >= 0.6 is 0 Å². The molecule has 0 atom stereocenters. The van der Waals surface area contributed by atoms with Gasteiger partial charge in [0.05, 0.1) is 22.3 Å². The highest BCUT2D eigenvalue weighted by atomic mass is 14.3. The predicted molar refractivity (Wildman–Crippen MR) is 115 cm³/mol. The topological polar surface area (TPSA) is 95.2 Å². The highest BCUT2D eigenvalue weighted by Crippen LogP contribution is 2.35. The van der Waals surface area contributed by atoms with Gasteiger partial charge in [-0.05, 0) is 68.7 Å². The summed E-state index contributed by atoms with van der Waals surface area (Å²) in [7, 11) is 0. The van der Waals surface area contributed by atoms with Crippen LogP contribution in [0.4, 0.5) is 0 Å². The van der Waals surface area contributed by atoms with Gasteiger partial charge in [0.2, 0.25) is 0 Å². The maximum absolute atomic E-state index is 9.70. The average Bonchev–Trinajstić information content (AvgIpc) is 2.78. The molecule has 0 amide bonds. The molecule has 0 saturated carbocycles. The molecule has 0 aliphatic heterocycles. The van der Waals surface area contributed by atoms with Crippen molar-refractivity contribution in [1.29, 1.82) is 21.0 Å². The first-order chi connectivity index (χ1) is 14.7. The standard InChI is InChI=1S/C26H10N4/c27-11-23-21-9-19-7-17-5-15-3-1-2-4-16(15)6-18(17)8-20(19)10-22(21)24(12-28)26(14-30)25(23)13-29/h1-10H. The minimum absolute atomic E-state index is 0.0461. The summed E-state index contributed by atoms with van der Waals surface area (Å²) in [4.78, 5) is 0. The number of rotatable bonds is 0. The van der Waals surface area contributed by atoms with Crippen LogP contribution in [0.15, 0.2) is 60.7 Å². The molecular weight excluding hydrogens is 368 g/mol. The lowest BCUT2D eigenvalue weighted by Crippen LogP contribution is -1.98. The molecule has 5 aromatic rings. The second-order valence-electron chi connectivity index (χ2n) is 7.09. The van der Waals surface area contributed by atoms with Gasteiger partial charge >= 0.3 is 0 Å². The van der Waals surface area contributed by atoms with Gasteiger partial charge in [0, 0.05) is 10.8 Å². The Morgan fingerprint density at radius 1 is 0.400 bits per heavy atom. The first kappa shape index (κ1) is 17.2. The summed E-state index contributed by atoms with van der Waals surface area (Å²) < 4.78 is 0. The molecule has 0 radical (unpaired) electrons. The largest absolute Gasteiger partial charge is 0.192 e. The minimum Gasteiger partial charge on any atom is -0.192 e. The van der Waals surface area contributed by atoms with E-state index in [2.05, 4.69) is 36.4 Å². The van der Waals surface area contributed by atoms with Crippen molar-refractivity contribution in [2.45, 2.75) is 0 Å². The molecule has 0 aliphatic carbocycles. The highest BCUT2D eigenvalue weighted by molar-refractivity contribution is 6.10. The zero-order valence-corrected chi connectivity index (χ0v) is 15.6. The van der Waals surface area contributed by atoms with E-state index in [9.17, 15) is 21.0 Å². The van der Waals surface area contributed by atoms with Crippen LogP contribution < -0.4 is 0 Å². The molecule has 0 spiro atoms. The summed E-state index contributed by atoms with van der Waals surface area (Å²) in [6.07, 6.45) is 0. The maximum atomic E-state index is 9.70. The Labute approximate surface area is 171 Å². The van der Waals surface area contributed by atoms with Crippen molar-refractivity contribution in [3.05, 3.63) is 82.9 Å². The Hall–Kier alpha value is -4.90. The molecule has 134 valence electrons. The van der Waals surface area contributed by atoms with Gasteiger partial charge in [-0.25, -0.2) is 0 Å². The van der Waals surface area contributed by atoms with Gasteiger partial charge in [0.15, 0.2) is 0 Å². The van der Waals surface area contributed by atoms with Crippen LogP contribution in [0.2, 0.25) is 0 Å². The number of fused-ring (bicyclic) bond motifs is 4. The van der Waals surface area contributed by atoms with Gasteiger partial charge < -0.3 is 0 Å². The first-order valence-corrected chi connectivity index (χ1v) is 9.19. The van der Waals surface area contributed by atoms with E-state index in [0.717, 1.165) is 32.3 Å². The average molecular weight is 378 g/mol. The molecule has 5 aromatic carbocycles. The third kappa shape index (κ3) is 2.30. The molecule has 4 nitrogen and oxygen atoms in total. The molecule has 0 aliphatic rings. The van der Waals surface area contributed by atoms with E-state index in [1.165, 1.54) is 0 Å². The van der Waals surface area contributed by atoms with E-state index >= 15 is 0 Å². The SMILES string of the molecule is N#Cc1c(C#N)c(C#N)c2cc3cc4cc5ccccc5cc4cc3cc2c1C#N. The van der Waals surface area contributed by atoms with E-state index in [1.54, 1.807) is 0 Å². The summed E-state index contributed by atoms with van der Waals surface area (Å²) in [6, 6.07) is 28.1. The zero-order valence-electron chi connectivity index (χ0n) is 15.6. The van der Waals surface area contributed by atoms with Gasteiger partial charge in [0.25, 0.3) is 0 Å². The first-order valence-electron chi connectivity index (χ1n) is 9.19. The van der Waals surface area contributed by atoms with Crippen molar-refractivity contribution in [2.75, 3.05) is 0 Å². The van der Waals surface area contributed by atoms with E-state index in [-0.39, 0.29) is 22.3 Å². The Bertz CT molecular complexity index is 1600. The lowest BCUT2D eigenvalue weighted by molar-refractivity contribution is 1.39. The lowest BCUT2D eigenvalue weighted by Gasteiger charge is -2.11. The number of hydrogen-bond acceptors (Lipinski definition) is 4. The molecule has 0 N–H and O–H groups in total. The number of nitrogens with zero attached hydrogens (tertiary/aromatic N) is 4. The smallest absolute Gasteiger partial charge is 0.102 e. The Morgan fingerprint density at radius 2 is 0.733 bits per heavy atom. The molecule has 0 saturated heterocycles. The van der Waals surface area contributed by atoms with Gasteiger partial charge in [-0.3, -0.25) is 0 Å². The van der Waals surface area contributed by atoms with Gasteiger partial charge in [-0.15, -0.1) is 0 Å². The molecule has 30 heavy (non-hydrogen) atoms. The van der Waals surface area contributed by atoms with Gasteiger partial charge in [-0.2, -0.15) is 21.0 Å². The second-order valence-corrected chi connectivity index (χ2v) is 7.09. The fourth-order valence-electron chi connectivity index (χ4n) is 4.13. The Kier molecular flexibility index (Phi) is 3.63. The molecule has 5 rings (SSSR count). The fraction of sp³-hybridized carbons (Fsp3) is 0. The van der Waals surface area contributed by atoms with E-state index in [1.807, 2.05) is 48.5 Å². The van der Waals surface area contributed by atoms with Crippen molar-refractivity contribution in [3.63, 3.8) is 0 Å². The summed E-state index contributed by atoms with van der Waals surface area (Å²) in [5, 5.41) is 45.7. The summed E-state index contributed by atoms with van der Waals surface area (Å²) in [5.74, 6) is 0. The third-order valence-electron chi connectivity index (χ3n) is 5.53. The van der Waals surface area contributed by atoms with Crippen molar-refractivity contribution in [2.24, 2.45) is 0 Å². The second kappa shape index (κ2) is 6.32. The number of nitriles is 4. The van der Waals surface area contributed by atoms with Crippen molar-refractivity contribution < 1.29 is 0 Å².